The minimum absolute atomic E-state index is 0.691. The van der Waals surface area contributed by atoms with Gasteiger partial charge in [0.1, 0.15) is 0 Å². The molecule has 1 N–H and O–H groups in total. The summed E-state index contributed by atoms with van der Waals surface area (Å²) in [5.41, 5.74) is 2.11. The van der Waals surface area contributed by atoms with E-state index >= 15 is 0 Å². The van der Waals surface area contributed by atoms with Crippen LogP contribution in [0.4, 0.5) is 0 Å². The predicted molar refractivity (Wildman–Crippen MR) is 84.1 cm³/mol. The van der Waals surface area contributed by atoms with E-state index in [2.05, 4.69) is 36.2 Å². The van der Waals surface area contributed by atoms with Crippen LogP contribution in [-0.2, 0) is 19.9 Å². The highest BCUT2D eigenvalue weighted by Gasteiger charge is 2.13. The molecule has 0 spiro atoms. The molecular weight excluding hydrogens is 264 g/mol. The van der Waals surface area contributed by atoms with Crippen LogP contribution in [0, 0.1) is 5.92 Å². The topological polar surface area (TPSA) is 55.9 Å². The molecule has 0 aliphatic rings. The first-order valence-electron chi connectivity index (χ1n) is 7.78. The van der Waals surface area contributed by atoms with Crippen molar-refractivity contribution in [3.05, 3.63) is 24.0 Å². The Morgan fingerprint density at radius 2 is 2.19 bits per heavy atom. The first kappa shape index (κ1) is 15.8. The molecule has 5 heteroatoms. The number of hydrogen-bond acceptors (Lipinski definition) is 4. The van der Waals surface area contributed by atoms with Crippen LogP contribution in [0.2, 0.25) is 0 Å². The summed E-state index contributed by atoms with van der Waals surface area (Å²) in [6.45, 7) is 8.60. The normalized spacial score (nSPS) is 11.5. The minimum atomic E-state index is 0.691. The minimum Gasteiger partial charge on any atom is -0.441 e. The Bertz CT molecular complexity index is 556. The van der Waals surface area contributed by atoms with Gasteiger partial charge in [-0.05, 0) is 31.8 Å². The number of nitrogens with one attached hydrogen (secondary N) is 1. The van der Waals surface area contributed by atoms with Gasteiger partial charge in [-0.1, -0.05) is 20.8 Å². The third-order valence-electron chi connectivity index (χ3n) is 3.36. The Morgan fingerprint density at radius 1 is 1.38 bits per heavy atom. The molecule has 2 heterocycles. The fourth-order valence-electron chi connectivity index (χ4n) is 2.31. The molecule has 5 nitrogen and oxygen atoms in total. The molecule has 2 aromatic rings. The Labute approximate surface area is 126 Å². The van der Waals surface area contributed by atoms with E-state index in [1.54, 1.807) is 0 Å². The molecule has 0 saturated heterocycles. The van der Waals surface area contributed by atoms with E-state index in [-0.39, 0.29) is 0 Å². The van der Waals surface area contributed by atoms with Gasteiger partial charge in [0.05, 0.1) is 17.5 Å². The van der Waals surface area contributed by atoms with Crippen LogP contribution in [0.25, 0.3) is 11.3 Å². The second-order valence-electron chi connectivity index (χ2n) is 5.84. The fourth-order valence-corrected chi connectivity index (χ4v) is 2.31. The molecule has 0 aliphatic carbocycles. The van der Waals surface area contributed by atoms with Crippen LogP contribution in [0.5, 0.6) is 0 Å². The van der Waals surface area contributed by atoms with Crippen LogP contribution in [0.3, 0.4) is 0 Å². The maximum atomic E-state index is 5.86. The summed E-state index contributed by atoms with van der Waals surface area (Å²) < 4.78 is 7.69. The van der Waals surface area contributed by atoms with Gasteiger partial charge in [-0.25, -0.2) is 4.98 Å². The van der Waals surface area contributed by atoms with Crippen molar-refractivity contribution in [2.75, 3.05) is 13.1 Å². The molecule has 0 radical (unpaired) electrons. The highest BCUT2D eigenvalue weighted by Crippen LogP contribution is 2.24. The third kappa shape index (κ3) is 4.43. The first-order chi connectivity index (χ1) is 10.1. The van der Waals surface area contributed by atoms with Gasteiger partial charge in [-0.15, -0.1) is 0 Å². The molecular formula is C16H26N4O. The van der Waals surface area contributed by atoms with Crippen molar-refractivity contribution in [1.82, 2.24) is 20.1 Å². The first-order valence-corrected chi connectivity index (χ1v) is 7.78. The van der Waals surface area contributed by atoms with Crippen LogP contribution in [0.1, 0.15) is 38.8 Å². The lowest BCUT2D eigenvalue weighted by Gasteiger charge is -2.05. The summed E-state index contributed by atoms with van der Waals surface area (Å²) in [5, 5.41) is 7.87. The van der Waals surface area contributed by atoms with Gasteiger partial charge < -0.3 is 9.73 Å². The summed E-state index contributed by atoms with van der Waals surface area (Å²) in [4.78, 5) is 4.38. The maximum absolute atomic E-state index is 5.86. The second-order valence-corrected chi connectivity index (χ2v) is 5.84. The van der Waals surface area contributed by atoms with E-state index in [0.29, 0.717) is 5.92 Å². The van der Waals surface area contributed by atoms with Gasteiger partial charge >= 0.3 is 0 Å². The molecule has 0 saturated carbocycles. The molecule has 2 aromatic heterocycles. The lowest BCUT2D eigenvalue weighted by Crippen LogP contribution is -2.21. The standard InChI is InChI=1S/C16H26N4O/c1-5-14-13(11-20(4)19-14)15-10-18-16(21-15)7-6-8-17-9-12(2)3/h10-12,17H,5-9H2,1-4H3. The van der Waals surface area contributed by atoms with Crippen LogP contribution in [-0.4, -0.2) is 27.9 Å². The van der Waals surface area contributed by atoms with Gasteiger partial charge in [-0.3, -0.25) is 4.68 Å². The number of aryl methyl sites for hydroxylation is 3. The van der Waals surface area contributed by atoms with E-state index in [9.17, 15) is 0 Å². The second kappa shape index (κ2) is 7.41. The Kier molecular flexibility index (Phi) is 5.56. The average Bonchev–Trinajstić information content (AvgIpc) is 3.04. The molecule has 0 aliphatic heterocycles. The van der Waals surface area contributed by atoms with Crippen LogP contribution < -0.4 is 5.32 Å². The molecule has 0 amide bonds. The van der Waals surface area contributed by atoms with Crippen LogP contribution >= 0.6 is 0 Å². The van der Waals surface area contributed by atoms with Crippen molar-refractivity contribution in [1.29, 1.82) is 0 Å². The quantitative estimate of drug-likeness (QED) is 0.760. The van der Waals surface area contributed by atoms with E-state index in [4.69, 9.17) is 4.42 Å². The van der Waals surface area contributed by atoms with E-state index in [0.717, 1.165) is 55.3 Å². The maximum Gasteiger partial charge on any atom is 0.194 e. The smallest absolute Gasteiger partial charge is 0.194 e. The van der Waals surface area contributed by atoms with Gasteiger partial charge in [0.2, 0.25) is 0 Å². The fraction of sp³-hybridized carbons (Fsp3) is 0.625. The highest BCUT2D eigenvalue weighted by atomic mass is 16.4. The highest BCUT2D eigenvalue weighted by molar-refractivity contribution is 5.58. The average molecular weight is 290 g/mol. The van der Waals surface area contributed by atoms with Gasteiger partial charge in [0.15, 0.2) is 11.7 Å². The Hall–Kier alpha value is -1.62. The van der Waals surface area contributed by atoms with Crippen molar-refractivity contribution >= 4 is 0 Å². The SMILES string of the molecule is CCc1nn(C)cc1-c1cnc(CCCNCC(C)C)o1. The summed E-state index contributed by atoms with van der Waals surface area (Å²) in [7, 11) is 1.93. The molecule has 0 fully saturated rings. The van der Waals surface area contributed by atoms with Crippen molar-refractivity contribution < 1.29 is 4.42 Å². The van der Waals surface area contributed by atoms with E-state index in [1.807, 2.05) is 24.1 Å². The zero-order chi connectivity index (χ0) is 15.2. The zero-order valence-corrected chi connectivity index (χ0v) is 13.5. The number of rotatable bonds is 8. The van der Waals surface area contributed by atoms with E-state index < -0.39 is 0 Å². The van der Waals surface area contributed by atoms with Crippen molar-refractivity contribution in [2.45, 2.75) is 40.0 Å². The molecule has 21 heavy (non-hydrogen) atoms. The molecule has 2 rings (SSSR count). The van der Waals surface area contributed by atoms with Gasteiger partial charge in [0.25, 0.3) is 0 Å². The Morgan fingerprint density at radius 3 is 2.90 bits per heavy atom. The number of nitrogens with zero attached hydrogens (tertiary/aromatic N) is 3. The molecule has 116 valence electrons. The van der Waals surface area contributed by atoms with Gasteiger partial charge in [0, 0.05) is 19.7 Å². The summed E-state index contributed by atoms with van der Waals surface area (Å²) >= 11 is 0. The number of oxazole rings is 1. The monoisotopic (exact) mass is 290 g/mol. The van der Waals surface area contributed by atoms with Crippen molar-refractivity contribution in [3.8, 4) is 11.3 Å². The lowest BCUT2D eigenvalue weighted by molar-refractivity contribution is 0.483. The van der Waals surface area contributed by atoms with Crippen molar-refractivity contribution in [3.63, 3.8) is 0 Å². The van der Waals surface area contributed by atoms with Crippen LogP contribution in [0.15, 0.2) is 16.8 Å². The summed E-state index contributed by atoms with van der Waals surface area (Å²) in [5.74, 6) is 2.32. The number of hydrogen-bond donors (Lipinski definition) is 1. The van der Waals surface area contributed by atoms with Crippen molar-refractivity contribution in [2.24, 2.45) is 13.0 Å². The summed E-state index contributed by atoms with van der Waals surface area (Å²) in [6.07, 6.45) is 6.61. The predicted octanol–water partition coefficient (Wildman–Crippen LogP) is 2.82. The lowest BCUT2D eigenvalue weighted by atomic mass is 10.2. The van der Waals surface area contributed by atoms with Gasteiger partial charge in [-0.2, -0.15) is 5.10 Å². The molecule has 0 atom stereocenters. The molecule has 0 unspecified atom stereocenters. The molecule has 0 aromatic carbocycles. The molecule has 0 bridgehead atoms. The zero-order valence-electron chi connectivity index (χ0n) is 13.5. The van der Waals surface area contributed by atoms with E-state index in [1.165, 1.54) is 0 Å². The largest absolute Gasteiger partial charge is 0.441 e. The summed E-state index contributed by atoms with van der Waals surface area (Å²) in [6, 6.07) is 0. The third-order valence-corrected chi connectivity index (χ3v) is 3.36. The number of aromatic nitrogens is 3. The Balaban J connectivity index is 1.89.